The van der Waals surface area contributed by atoms with Crippen LogP contribution in [0.25, 0.3) is 0 Å². The maximum atomic E-state index is 12.8. The number of aromatic nitrogens is 2. The Morgan fingerprint density at radius 1 is 1.50 bits per heavy atom. The fraction of sp³-hybridized carbons (Fsp3) is 0. The molecule has 0 fully saturated rings. The van der Waals surface area contributed by atoms with Crippen molar-refractivity contribution >= 4 is 27.5 Å². The molecule has 4 nitrogen and oxygen atoms in total. The molecule has 0 aliphatic heterocycles. The zero-order chi connectivity index (χ0) is 11.5. The van der Waals surface area contributed by atoms with Gasteiger partial charge in [0.2, 0.25) is 0 Å². The summed E-state index contributed by atoms with van der Waals surface area (Å²) >= 11 is 3.21. The average Bonchev–Trinajstić information content (AvgIpc) is 2.64. The Kier molecular flexibility index (Phi) is 3.00. The number of carbonyl (C=O) groups is 1. The summed E-state index contributed by atoms with van der Waals surface area (Å²) in [4.78, 5) is 18.1. The van der Waals surface area contributed by atoms with Crippen LogP contribution in [0, 0.1) is 5.82 Å². The fourth-order valence-corrected chi connectivity index (χ4v) is 1.62. The van der Waals surface area contributed by atoms with Crippen molar-refractivity contribution in [1.29, 1.82) is 0 Å². The molecule has 2 aromatic heterocycles. The molecule has 1 amide bonds. The average molecular weight is 284 g/mol. The summed E-state index contributed by atoms with van der Waals surface area (Å²) in [6.45, 7) is 0. The van der Waals surface area contributed by atoms with Crippen LogP contribution in [0.2, 0.25) is 0 Å². The van der Waals surface area contributed by atoms with Crippen molar-refractivity contribution in [3.8, 4) is 0 Å². The molecule has 0 atom stereocenters. The largest absolute Gasteiger partial charge is 0.356 e. The topological polar surface area (TPSA) is 57.8 Å². The molecule has 0 unspecified atom stereocenters. The first kappa shape index (κ1) is 10.8. The number of anilines is 1. The number of nitrogens with one attached hydrogen (secondary N) is 2. The highest BCUT2D eigenvalue weighted by Gasteiger charge is 2.11. The standard InChI is InChI=1S/C10H7BrFN3O/c11-8-1-2-14-9(8)10(16)15-7-3-6(12)4-13-5-7/h1-5,14H,(H,15,16). The smallest absolute Gasteiger partial charge is 0.273 e. The minimum absolute atomic E-state index is 0.312. The van der Waals surface area contributed by atoms with Crippen molar-refractivity contribution in [2.24, 2.45) is 0 Å². The van der Waals surface area contributed by atoms with Crippen molar-refractivity contribution < 1.29 is 9.18 Å². The van der Waals surface area contributed by atoms with Crippen molar-refractivity contribution in [3.63, 3.8) is 0 Å². The van der Waals surface area contributed by atoms with Crippen LogP contribution in [0.1, 0.15) is 10.5 Å². The van der Waals surface area contributed by atoms with Gasteiger partial charge in [0.05, 0.1) is 18.1 Å². The summed E-state index contributed by atoms with van der Waals surface area (Å²) < 4.78 is 13.5. The minimum Gasteiger partial charge on any atom is -0.356 e. The Hall–Kier alpha value is -1.69. The Labute approximate surface area is 99.0 Å². The summed E-state index contributed by atoms with van der Waals surface area (Å²) in [5.41, 5.74) is 0.691. The fourth-order valence-electron chi connectivity index (χ4n) is 1.20. The van der Waals surface area contributed by atoms with E-state index in [-0.39, 0.29) is 5.91 Å². The Balaban J connectivity index is 2.17. The van der Waals surface area contributed by atoms with E-state index in [1.807, 2.05) is 0 Å². The number of carbonyl (C=O) groups excluding carboxylic acids is 1. The molecule has 0 spiro atoms. The van der Waals surface area contributed by atoms with E-state index in [0.29, 0.717) is 15.9 Å². The minimum atomic E-state index is -0.497. The van der Waals surface area contributed by atoms with Gasteiger partial charge in [0.15, 0.2) is 0 Å². The van der Waals surface area contributed by atoms with Gasteiger partial charge < -0.3 is 10.3 Å². The third-order valence-electron chi connectivity index (χ3n) is 1.89. The van der Waals surface area contributed by atoms with Crippen LogP contribution in [-0.4, -0.2) is 15.9 Å². The summed E-state index contributed by atoms with van der Waals surface area (Å²) in [6.07, 6.45) is 4.07. The van der Waals surface area contributed by atoms with Crippen molar-refractivity contribution in [1.82, 2.24) is 9.97 Å². The molecule has 16 heavy (non-hydrogen) atoms. The van der Waals surface area contributed by atoms with Crippen LogP contribution in [0.3, 0.4) is 0 Å². The highest BCUT2D eigenvalue weighted by molar-refractivity contribution is 9.10. The molecule has 0 aromatic carbocycles. The second kappa shape index (κ2) is 4.44. The number of pyridine rings is 1. The molecule has 0 saturated heterocycles. The molecule has 0 aliphatic rings. The van der Waals surface area contributed by atoms with Gasteiger partial charge >= 0.3 is 0 Å². The molecule has 0 radical (unpaired) electrons. The Bertz CT molecular complexity index is 526. The number of H-pyrrole nitrogens is 1. The maximum Gasteiger partial charge on any atom is 0.273 e. The van der Waals surface area contributed by atoms with Crippen molar-refractivity contribution in [2.45, 2.75) is 0 Å². The first-order chi connectivity index (χ1) is 7.66. The van der Waals surface area contributed by atoms with Gasteiger partial charge in [-0.15, -0.1) is 0 Å². The van der Waals surface area contributed by atoms with E-state index in [1.54, 1.807) is 12.3 Å². The van der Waals surface area contributed by atoms with Gasteiger partial charge in [-0.05, 0) is 22.0 Å². The molecular formula is C10H7BrFN3O. The van der Waals surface area contributed by atoms with E-state index in [2.05, 4.69) is 31.2 Å². The number of amides is 1. The number of rotatable bonds is 2. The zero-order valence-electron chi connectivity index (χ0n) is 8.00. The maximum absolute atomic E-state index is 12.8. The number of aromatic amines is 1. The van der Waals surface area contributed by atoms with E-state index in [9.17, 15) is 9.18 Å². The summed E-state index contributed by atoms with van der Waals surface area (Å²) in [5.74, 6) is -0.854. The Morgan fingerprint density at radius 2 is 2.31 bits per heavy atom. The van der Waals surface area contributed by atoms with E-state index < -0.39 is 5.82 Å². The normalized spacial score (nSPS) is 10.1. The first-order valence-corrected chi connectivity index (χ1v) is 5.21. The zero-order valence-corrected chi connectivity index (χ0v) is 9.58. The monoisotopic (exact) mass is 283 g/mol. The number of hydrogen-bond donors (Lipinski definition) is 2. The summed E-state index contributed by atoms with van der Waals surface area (Å²) in [7, 11) is 0. The van der Waals surface area contributed by atoms with Crippen LogP contribution in [0.15, 0.2) is 35.2 Å². The third-order valence-corrected chi connectivity index (χ3v) is 2.55. The predicted molar refractivity (Wildman–Crippen MR) is 60.6 cm³/mol. The lowest BCUT2D eigenvalue weighted by Gasteiger charge is -2.03. The molecule has 0 saturated carbocycles. The molecular weight excluding hydrogens is 277 g/mol. The molecule has 2 aromatic rings. The van der Waals surface area contributed by atoms with Crippen LogP contribution in [0.4, 0.5) is 10.1 Å². The number of hydrogen-bond acceptors (Lipinski definition) is 2. The van der Waals surface area contributed by atoms with Crippen LogP contribution in [-0.2, 0) is 0 Å². The van der Waals surface area contributed by atoms with E-state index in [0.717, 1.165) is 6.20 Å². The number of nitrogens with zero attached hydrogens (tertiary/aromatic N) is 1. The lowest BCUT2D eigenvalue weighted by molar-refractivity contribution is 0.102. The van der Waals surface area contributed by atoms with E-state index in [1.165, 1.54) is 12.3 Å². The van der Waals surface area contributed by atoms with Crippen LogP contribution < -0.4 is 5.32 Å². The van der Waals surface area contributed by atoms with Gasteiger partial charge in [-0.3, -0.25) is 9.78 Å². The lowest BCUT2D eigenvalue weighted by atomic mass is 10.3. The van der Waals surface area contributed by atoms with Crippen LogP contribution in [0.5, 0.6) is 0 Å². The lowest BCUT2D eigenvalue weighted by Crippen LogP contribution is -2.13. The quantitative estimate of drug-likeness (QED) is 0.890. The van der Waals surface area contributed by atoms with Gasteiger partial charge in [0.25, 0.3) is 5.91 Å². The molecule has 2 heterocycles. The molecule has 2 N–H and O–H groups in total. The first-order valence-electron chi connectivity index (χ1n) is 4.41. The molecule has 0 bridgehead atoms. The number of halogens is 2. The Morgan fingerprint density at radius 3 is 2.94 bits per heavy atom. The molecule has 2 rings (SSSR count). The van der Waals surface area contributed by atoms with Gasteiger partial charge in [-0.2, -0.15) is 0 Å². The van der Waals surface area contributed by atoms with E-state index in [4.69, 9.17) is 0 Å². The molecule has 6 heteroatoms. The predicted octanol–water partition coefficient (Wildman–Crippen LogP) is 2.56. The summed E-state index contributed by atoms with van der Waals surface area (Å²) in [5, 5.41) is 2.52. The second-order valence-corrected chi connectivity index (χ2v) is 3.90. The van der Waals surface area contributed by atoms with E-state index >= 15 is 0 Å². The molecule has 82 valence electrons. The second-order valence-electron chi connectivity index (χ2n) is 3.05. The molecule has 0 aliphatic carbocycles. The van der Waals surface area contributed by atoms with Gasteiger partial charge in [0.1, 0.15) is 11.5 Å². The van der Waals surface area contributed by atoms with Gasteiger partial charge in [-0.1, -0.05) is 0 Å². The van der Waals surface area contributed by atoms with Gasteiger partial charge in [-0.25, -0.2) is 4.39 Å². The highest BCUT2D eigenvalue weighted by Crippen LogP contribution is 2.16. The van der Waals surface area contributed by atoms with Crippen LogP contribution >= 0.6 is 15.9 Å². The van der Waals surface area contributed by atoms with Crippen molar-refractivity contribution in [3.05, 3.63) is 46.7 Å². The highest BCUT2D eigenvalue weighted by atomic mass is 79.9. The summed E-state index contributed by atoms with van der Waals surface area (Å²) in [6, 6.07) is 2.90. The SMILES string of the molecule is O=C(Nc1cncc(F)c1)c1[nH]ccc1Br. The third kappa shape index (κ3) is 2.27. The van der Waals surface area contributed by atoms with Crippen molar-refractivity contribution in [2.75, 3.05) is 5.32 Å². The van der Waals surface area contributed by atoms with Gasteiger partial charge in [0, 0.05) is 16.7 Å².